The fourth-order valence-electron chi connectivity index (χ4n) is 5.33. The number of rotatable bonds is 8. The van der Waals surface area contributed by atoms with Gasteiger partial charge in [0.1, 0.15) is 5.82 Å². The summed E-state index contributed by atoms with van der Waals surface area (Å²) in [5, 5.41) is 3.01. The first-order chi connectivity index (χ1) is 18.5. The van der Waals surface area contributed by atoms with Crippen molar-refractivity contribution in [1.82, 2.24) is 15.1 Å². The second kappa shape index (κ2) is 12.1. The lowest BCUT2D eigenvalue weighted by molar-refractivity contribution is -0.129. The maximum absolute atomic E-state index is 14.5. The van der Waals surface area contributed by atoms with Gasteiger partial charge < -0.3 is 15.1 Å². The molecule has 0 radical (unpaired) electrons. The number of fused-ring (bicyclic) bond motifs is 1. The number of amides is 2. The highest BCUT2D eigenvalue weighted by molar-refractivity contribution is 8.07. The zero-order chi connectivity index (χ0) is 26.5. The summed E-state index contributed by atoms with van der Waals surface area (Å²) in [5.74, 6) is -0.366. The molecule has 0 bridgehead atoms. The molecule has 2 fully saturated rings. The number of hydrogen-bond acceptors (Lipinski definition) is 4. The number of benzene rings is 2. The zero-order valence-corrected chi connectivity index (χ0v) is 22.6. The van der Waals surface area contributed by atoms with Crippen LogP contribution in [0.25, 0.3) is 6.08 Å². The quantitative estimate of drug-likeness (QED) is 0.355. The highest BCUT2D eigenvalue weighted by Crippen LogP contribution is 2.43. The average molecular weight is 532 g/mol. The first-order valence-corrected chi connectivity index (χ1v) is 14.2. The smallest absolute Gasteiger partial charge is 0.261 e. The highest BCUT2D eigenvalue weighted by Gasteiger charge is 2.39. The van der Waals surface area contributed by atoms with E-state index >= 15 is 0 Å². The second-order valence-electron chi connectivity index (χ2n) is 10.2. The van der Waals surface area contributed by atoms with Crippen molar-refractivity contribution in [2.24, 2.45) is 5.92 Å². The van der Waals surface area contributed by atoms with Crippen molar-refractivity contribution in [3.63, 3.8) is 0 Å². The Balaban J connectivity index is 1.27. The summed E-state index contributed by atoms with van der Waals surface area (Å²) in [5.41, 5.74) is 1.95. The van der Waals surface area contributed by atoms with Crippen LogP contribution >= 0.6 is 11.8 Å². The molecule has 0 aromatic heterocycles. The van der Waals surface area contributed by atoms with E-state index in [0.29, 0.717) is 22.6 Å². The number of carbonyl (C=O) groups excluding carboxylic acids is 2. The van der Waals surface area contributed by atoms with Gasteiger partial charge in [0.25, 0.3) is 11.8 Å². The van der Waals surface area contributed by atoms with E-state index in [4.69, 9.17) is 0 Å². The molecule has 1 N–H and O–H groups in total. The fraction of sp³-hybridized carbons (Fsp3) is 0.355. The molecule has 2 aromatic carbocycles. The van der Waals surface area contributed by atoms with Gasteiger partial charge in [-0.15, -0.1) is 0 Å². The molecule has 3 aliphatic rings. The third-order valence-electron chi connectivity index (χ3n) is 7.40. The van der Waals surface area contributed by atoms with Crippen LogP contribution in [-0.2, 0) is 11.3 Å². The summed E-state index contributed by atoms with van der Waals surface area (Å²) >= 11 is 1.48. The van der Waals surface area contributed by atoms with E-state index < -0.39 is 0 Å². The average Bonchev–Trinajstić information content (AvgIpc) is 3.44. The van der Waals surface area contributed by atoms with Gasteiger partial charge >= 0.3 is 0 Å². The van der Waals surface area contributed by atoms with Crippen LogP contribution in [0.4, 0.5) is 4.39 Å². The van der Waals surface area contributed by atoms with Gasteiger partial charge in [0.05, 0.1) is 10.9 Å². The molecule has 38 heavy (non-hydrogen) atoms. The lowest BCUT2D eigenvalue weighted by Crippen LogP contribution is -2.47. The SMILES string of the molecule is CC1C=CC=C2SC(=Cc3ccc(C(=O)NCCCN4CCCC4)cc3)C(=O)N(Cc3ccccc3F)C21. The van der Waals surface area contributed by atoms with Crippen molar-refractivity contribution in [2.75, 3.05) is 26.2 Å². The van der Waals surface area contributed by atoms with Gasteiger partial charge in [-0.3, -0.25) is 9.59 Å². The molecule has 7 heteroatoms. The minimum Gasteiger partial charge on any atom is -0.352 e. The molecule has 2 aromatic rings. The number of nitrogens with one attached hydrogen (secondary N) is 1. The van der Waals surface area contributed by atoms with Crippen LogP contribution in [0.1, 0.15) is 47.7 Å². The Hall–Kier alpha value is -3.16. The van der Waals surface area contributed by atoms with Crippen LogP contribution in [0, 0.1) is 11.7 Å². The van der Waals surface area contributed by atoms with Crippen molar-refractivity contribution in [2.45, 2.75) is 38.8 Å². The standard InChI is InChI=1S/C31H34FN3O2S/c1-22-8-6-11-27-29(22)35(21-25-9-2-3-10-26(25)32)31(37)28(38-27)20-23-12-14-24(15-13-23)30(36)33-16-7-19-34-17-4-5-18-34/h2-3,6,8-15,20,22,29H,4-5,7,16-19,21H2,1H3,(H,33,36). The summed E-state index contributed by atoms with van der Waals surface area (Å²) in [6.45, 7) is 6.31. The third kappa shape index (κ3) is 6.11. The van der Waals surface area contributed by atoms with Gasteiger partial charge in [-0.05, 0) is 74.7 Å². The molecule has 2 heterocycles. The lowest BCUT2D eigenvalue weighted by Gasteiger charge is -2.41. The van der Waals surface area contributed by atoms with E-state index in [-0.39, 0.29) is 36.1 Å². The molecule has 2 unspecified atom stereocenters. The van der Waals surface area contributed by atoms with Gasteiger partial charge in [-0.2, -0.15) is 0 Å². The fourth-order valence-corrected chi connectivity index (χ4v) is 6.59. The van der Waals surface area contributed by atoms with Gasteiger partial charge in [0, 0.05) is 29.1 Å². The van der Waals surface area contributed by atoms with E-state index in [1.165, 1.54) is 43.8 Å². The van der Waals surface area contributed by atoms with Gasteiger partial charge in [0.2, 0.25) is 0 Å². The molecule has 2 saturated heterocycles. The second-order valence-corrected chi connectivity index (χ2v) is 11.3. The van der Waals surface area contributed by atoms with Crippen LogP contribution in [-0.4, -0.2) is 53.8 Å². The molecule has 1 aliphatic carbocycles. The number of nitrogens with zero attached hydrogens (tertiary/aromatic N) is 2. The lowest BCUT2D eigenvalue weighted by atomic mass is 9.94. The molecule has 0 saturated carbocycles. The Morgan fingerprint density at radius 3 is 2.66 bits per heavy atom. The molecular formula is C31H34FN3O2S. The Bertz CT molecular complexity index is 1260. The van der Waals surface area contributed by atoms with E-state index in [9.17, 15) is 14.0 Å². The van der Waals surface area contributed by atoms with Crippen LogP contribution < -0.4 is 5.32 Å². The Labute approximate surface area is 228 Å². The number of thioether (sulfide) groups is 1. The van der Waals surface area contributed by atoms with Crippen molar-refractivity contribution >= 4 is 29.7 Å². The summed E-state index contributed by atoms with van der Waals surface area (Å²) in [6.07, 6.45) is 11.5. The molecule has 2 atom stereocenters. The third-order valence-corrected chi connectivity index (χ3v) is 8.53. The van der Waals surface area contributed by atoms with Gasteiger partial charge in [-0.1, -0.05) is 67.2 Å². The first kappa shape index (κ1) is 26.4. The predicted molar refractivity (Wildman–Crippen MR) is 152 cm³/mol. The number of halogens is 1. The molecule has 198 valence electrons. The minimum absolute atomic E-state index is 0.0826. The topological polar surface area (TPSA) is 52.7 Å². The summed E-state index contributed by atoms with van der Waals surface area (Å²) in [4.78, 5) is 32.1. The Morgan fingerprint density at radius 2 is 1.89 bits per heavy atom. The largest absolute Gasteiger partial charge is 0.352 e. The van der Waals surface area contributed by atoms with Crippen LogP contribution in [0.2, 0.25) is 0 Å². The molecule has 5 nitrogen and oxygen atoms in total. The summed E-state index contributed by atoms with van der Waals surface area (Å²) < 4.78 is 14.5. The van der Waals surface area contributed by atoms with E-state index in [2.05, 4.69) is 23.2 Å². The number of likely N-dealkylation sites (tertiary alicyclic amines) is 1. The van der Waals surface area contributed by atoms with Gasteiger partial charge in [0.15, 0.2) is 0 Å². The normalized spacial score (nSPS) is 22.5. The van der Waals surface area contributed by atoms with Crippen LogP contribution in [0.15, 0.2) is 76.6 Å². The van der Waals surface area contributed by atoms with Crippen molar-refractivity contribution < 1.29 is 14.0 Å². The van der Waals surface area contributed by atoms with Crippen molar-refractivity contribution in [1.29, 1.82) is 0 Å². The van der Waals surface area contributed by atoms with Gasteiger partial charge in [-0.25, -0.2) is 4.39 Å². The maximum atomic E-state index is 14.5. The maximum Gasteiger partial charge on any atom is 0.261 e. The number of allylic oxidation sites excluding steroid dienone is 2. The van der Waals surface area contributed by atoms with Crippen molar-refractivity contribution in [3.8, 4) is 0 Å². The first-order valence-electron chi connectivity index (χ1n) is 13.4. The van der Waals surface area contributed by atoms with Crippen LogP contribution in [0.5, 0.6) is 0 Å². The predicted octanol–water partition coefficient (Wildman–Crippen LogP) is 5.62. The molecule has 2 aliphatic heterocycles. The monoisotopic (exact) mass is 531 g/mol. The molecule has 5 rings (SSSR count). The molecule has 2 amide bonds. The number of hydrogen-bond donors (Lipinski definition) is 1. The zero-order valence-electron chi connectivity index (χ0n) is 21.7. The van der Waals surface area contributed by atoms with E-state index in [1.54, 1.807) is 35.2 Å². The van der Waals surface area contributed by atoms with Crippen molar-refractivity contribution in [3.05, 3.63) is 99.1 Å². The molecule has 0 spiro atoms. The number of carbonyl (C=O) groups is 2. The van der Waals surface area contributed by atoms with E-state index in [0.717, 1.165) is 23.4 Å². The Morgan fingerprint density at radius 1 is 1.13 bits per heavy atom. The molecular weight excluding hydrogens is 497 g/mol. The minimum atomic E-state index is -0.307. The highest BCUT2D eigenvalue weighted by atomic mass is 32.2. The summed E-state index contributed by atoms with van der Waals surface area (Å²) in [6, 6.07) is 13.8. The Kier molecular flexibility index (Phi) is 8.45. The summed E-state index contributed by atoms with van der Waals surface area (Å²) in [7, 11) is 0. The van der Waals surface area contributed by atoms with E-state index in [1.807, 2.05) is 30.4 Å². The van der Waals surface area contributed by atoms with Crippen LogP contribution in [0.3, 0.4) is 0 Å².